The summed E-state index contributed by atoms with van der Waals surface area (Å²) in [5.74, 6) is -0.340. The van der Waals surface area contributed by atoms with Crippen molar-refractivity contribution in [1.29, 1.82) is 0 Å². The maximum absolute atomic E-state index is 11.9. The van der Waals surface area contributed by atoms with Gasteiger partial charge in [0.2, 0.25) is 11.8 Å². The molecule has 2 N–H and O–H groups in total. The lowest BCUT2D eigenvalue weighted by molar-refractivity contribution is -0.124. The minimum Gasteiger partial charge on any atom is -0.350 e. The molecule has 1 aromatic carbocycles. The third-order valence-electron chi connectivity index (χ3n) is 3.20. The second-order valence-electron chi connectivity index (χ2n) is 4.99. The highest BCUT2D eigenvalue weighted by atomic mass is 16.2. The molecule has 0 fully saturated rings. The molecule has 114 valence electrons. The lowest BCUT2D eigenvalue weighted by Crippen LogP contribution is -2.27. The molecule has 1 heterocycles. The van der Waals surface area contributed by atoms with E-state index in [9.17, 15) is 9.59 Å². The third kappa shape index (κ3) is 5.01. The van der Waals surface area contributed by atoms with E-state index in [1.807, 2.05) is 37.3 Å². The van der Waals surface area contributed by atoms with Crippen LogP contribution in [-0.4, -0.2) is 16.8 Å². The van der Waals surface area contributed by atoms with Crippen molar-refractivity contribution in [2.45, 2.75) is 25.8 Å². The number of rotatable bonds is 6. The zero-order valence-electron chi connectivity index (χ0n) is 12.5. The van der Waals surface area contributed by atoms with Crippen LogP contribution in [0.2, 0.25) is 0 Å². The Morgan fingerprint density at radius 2 is 1.77 bits per heavy atom. The van der Waals surface area contributed by atoms with Crippen molar-refractivity contribution in [2.24, 2.45) is 0 Å². The lowest BCUT2D eigenvalue weighted by atomic mass is 10.1. The van der Waals surface area contributed by atoms with Gasteiger partial charge in [0.05, 0.1) is 17.9 Å². The van der Waals surface area contributed by atoms with Crippen LogP contribution < -0.4 is 10.6 Å². The smallest absolute Gasteiger partial charge is 0.224 e. The van der Waals surface area contributed by atoms with Gasteiger partial charge in [-0.3, -0.25) is 14.6 Å². The summed E-state index contributed by atoms with van der Waals surface area (Å²) in [6, 6.07) is 13.1. The zero-order valence-corrected chi connectivity index (χ0v) is 12.5. The van der Waals surface area contributed by atoms with Gasteiger partial charge in [0.25, 0.3) is 0 Å². The molecule has 2 aromatic rings. The molecular formula is C17H19N3O2. The van der Waals surface area contributed by atoms with Crippen molar-refractivity contribution < 1.29 is 9.59 Å². The second kappa shape index (κ2) is 7.93. The largest absolute Gasteiger partial charge is 0.350 e. The van der Waals surface area contributed by atoms with Gasteiger partial charge < -0.3 is 10.6 Å². The minimum atomic E-state index is -0.199. The van der Waals surface area contributed by atoms with Crippen LogP contribution >= 0.6 is 0 Å². The fourth-order valence-corrected chi connectivity index (χ4v) is 2.03. The molecule has 0 bridgehead atoms. The standard InChI is InChI=1S/C17H19N3O2/c1-13(14-6-3-2-4-7-14)19-16(21)9-10-17(22)20-15-8-5-11-18-12-15/h2-8,11-13H,9-10H2,1H3,(H,19,21)(H,20,22)/t13-/m0/s1. The fraction of sp³-hybridized carbons (Fsp3) is 0.235. The van der Waals surface area contributed by atoms with Crippen molar-refractivity contribution >= 4 is 17.5 Å². The molecule has 5 heteroatoms. The van der Waals surface area contributed by atoms with Gasteiger partial charge in [-0.2, -0.15) is 0 Å². The predicted octanol–water partition coefficient (Wildman–Crippen LogP) is 2.68. The number of pyridine rings is 1. The Hall–Kier alpha value is -2.69. The van der Waals surface area contributed by atoms with E-state index < -0.39 is 0 Å². The van der Waals surface area contributed by atoms with Gasteiger partial charge in [-0.05, 0) is 24.6 Å². The van der Waals surface area contributed by atoms with Crippen LogP contribution in [-0.2, 0) is 9.59 Å². The van der Waals surface area contributed by atoms with Gasteiger partial charge in [0.15, 0.2) is 0 Å². The van der Waals surface area contributed by atoms with Gasteiger partial charge >= 0.3 is 0 Å². The number of carbonyl (C=O) groups excluding carboxylic acids is 2. The summed E-state index contributed by atoms with van der Waals surface area (Å²) in [6.45, 7) is 1.92. The molecular weight excluding hydrogens is 278 g/mol. The Labute approximate surface area is 129 Å². The van der Waals surface area contributed by atoms with Crippen LogP contribution in [0.15, 0.2) is 54.9 Å². The van der Waals surface area contributed by atoms with Crippen LogP contribution in [0.25, 0.3) is 0 Å². The van der Waals surface area contributed by atoms with Crippen molar-refractivity contribution in [3.63, 3.8) is 0 Å². The number of hydrogen-bond acceptors (Lipinski definition) is 3. The monoisotopic (exact) mass is 297 g/mol. The second-order valence-corrected chi connectivity index (χ2v) is 4.99. The molecule has 2 amide bonds. The summed E-state index contributed by atoms with van der Waals surface area (Å²) in [5.41, 5.74) is 1.67. The Morgan fingerprint density at radius 1 is 1.05 bits per heavy atom. The Balaban J connectivity index is 1.74. The quantitative estimate of drug-likeness (QED) is 0.861. The average molecular weight is 297 g/mol. The first kappa shape index (κ1) is 15.7. The van der Waals surface area contributed by atoms with Gasteiger partial charge in [0.1, 0.15) is 0 Å². The van der Waals surface area contributed by atoms with E-state index in [1.165, 1.54) is 0 Å². The first-order valence-electron chi connectivity index (χ1n) is 7.19. The van der Waals surface area contributed by atoms with Gasteiger partial charge in [0, 0.05) is 19.0 Å². The van der Waals surface area contributed by atoms with Crippen LogP contribution in [0.1, 0.15) is 31.4 Å². The Morgan fingerprint density at radius 3 is 2.45 bits per heavy atom. The van der Waals surface area contributed by atoms with Crippen LogP contribution in [0.3, 0.4) is 0 Å². The summed E-state index contributed by atoms with van der Waals surface area (Å²) >= 11 is 0. The van der Waals surface area contributed by atoms with E-state index in [-0.39, 0.29) is 30.7 Å². The van der Waals surface area contributed by atoms with E-state index in [0.29, 0.717) is 5.69 Å². The molecule has 0 saturated carbocycles. The van der Waals surface area contributed by atoms with Crippen LogP contribution in [0.4, 0.5) is 5.69 Å². The summed E-state index contributed by atoms with van der Waals surface area (Å²) < 4.78 is 0. The van der Waals surface area contributed by atoms with E-state index in [1.54, 1.807) is 24.5 Å². The molecule has 0 spiro atoms. The van der Waals surface area contributed by atoms with E-state index >= 15 is 0 Å². The number of carbonyl (C=O) groups is 2. The molecule has 0 unspecified atom stereocenters. The summed E-state index contributed by atoms with van der Waals surface area (Å²) in [5, 5.41) is 5.58. The highest BCUT2D eigenvalue weighted by Crippen LogP contribution is 2.11. The first-order valence-corrected chi connectivity index (χ1v) is 7.19. The number of aromatic nitrogens is 1. The van der Waals surface area contributed by atoms with Crippen LogP contribution in [0.5, 0.6) is 0 Å². The highest BCUT2D eigenvalue weighted by Gasteiger charge is 2.11. The molecule has 0 aliphatic rings. The number of hydrogen-bond donors (Lipinski definition) is 2. The van der Waals surface area contributed by atoms with Gasteiger partial charge in [-0.15, -0.1) is 0 Å². The third-order valence-corrected chi connectivity index (χ3v) is 3.20. The molecule has 0 aliphatic heterocycles. The minimum absolute atomic E-state index is 0.0740. The summed E-state index contributed by atoms with van der Waals surface area (Å²) in [6.07, 6.45) is 3.50. The molecule has 5 nitrogen and oxygen atoms in total. The maximum atomic E-state index is 11.9. The first-order chi connectivity index (χ1) is 10.6. The number of amides is 2. The Bertz CT molecular complexity index is 614. The molecule has 0 radical (unpaired) electrons. The molecule has 0 saturated heterocycles. The van der Waals surface area contributed by atoms with E-state index in [4.69, 9.17) is 0 Å². The number of benzene rings is 1. The van der Waals surface area contributed by atoms with Gasteiger partial charge in [-0.1, -0.05) is 30.3 Å². The summed E-state index contributed by atoms with van der Waals surface area (Å²) in [7, 11) is 0. The van der Waals surface area contributed by atoms with Crippen molar-refractivity contribution in [2.75, 3.05) is 5.32 Å². The summed E-state index contributed by atoms with van der Waals surface area (Å²) in [4.78, 5) is 27.5. The molecule has 1 aromatic heterocycles. The Kier molecular flexibility index (Phi) is 5.65. The molecule has 0 aliphatic carbocycles. The fourth-order valence-electron chi connectivity index (χ4n) is 2.03. The SMILES string of the molecule is C[C@H](NC(=O)CCC(=O)Nc1cccnc1)c1ccccc1. The topological polar surface area (TPSA) is 71.1 Å². The van der Waals surface area contributed by atoms with Crippen molar-refractivity contribution in [3.8, 4) is 0 Å². The van der Waals surface area contributed by atoms with Crippen molar-refractivity contribution in [3.05, 3.63) is 60.4 Å². The molecule has 22 heavy (non-hydrogen) atoms. The zero-order chi connectivity index (χ0) is 15.8. The highest BCUT2D eigenvalue weighted by molar-refractivity contribution is 5.93. The molecule has 1 atom stereocenters. The number of nitrogens with zero attached hydrogens (tertiary/aromatic N) is 1. The van der Waals surface area contributed by atoms with E-state index in [0.717, 1.165) is 5.56 Å². The predicted molar refractivity (Wildman–Crippen MR) is 85.1 cm³/mol. The van der Waals surface area contributed by atoms with Gasteiger partial charge in [-0.25, -0.2) is 0 Å². The number of anilines is 1. The average Bonchev–Trinajstić information content (AvgIpc) is 2.55. The number of nitrogens with one attached hydrogen (secondary N) is 2. The maximum Gasteiger partial charge on any atom is 0.224 e. The van der Waals surface area contributed by atoms with Crippen molar-refractivity contribution in [1.82, 2.24) is 10.3 Å². The lowest BCUT2D eigenvalue weighted by Gasteiger charge is -2.14. The van der Waals surface area contributed by atoms with E-state index in [2.05, 4.69) is 15.6 Å². The van der Waals surface area contributed by atoms with Crippen LogP contribution in [0, 0.1) is 0 Å². The molecule has 2 rings (SSSR count). The normalized spacial score (nSPS) is 11.5.